The van der Waals surface area contributed by atoms with Crippen molar-refractivity contribution in [2.24, 2.45) is 5.73 Å². The summed E-state index contributed by atoms with van der Waals surface area (Å²) in [6.07, 6.45) is 3.00. The van der Waals surface area contributed by atoms with Crippen LogP contribution in [0, 0.1) is 0 Å². The minimum Gasteiger partial charge on any atom is -0.478 e. The predicted octanol–water partition coefficient (Wildman–Crippen LogP) is 1.75. The number of carboxylic acids is 1. The highest BCUT2D eigenvalue weighted by atomic mass is 16.5. The van der Waals surface area contributed by atoms with Crippen molar-refractivity contribution in [2.75, 3.05) is 13.2 Å². The number of amides is 1. The second-order valence-electron chi connectivity index (χ2n) is 4.42. The number of aliphatic carboxylic acids is 1. The first-order valence-corrected chi connectivity index (χ1v) is 7.27. The fourth-order valence-corrected chi connectivity index (χ4v) is 0.833. The van der Waals surface area contributed by atoms with Crippen LogP contribution in [0.15, 0.2) is 36.5 Å². The molecule has 0 saturated heterocycles. The van der Waals surface area contributed by atoms with E-state index in [9.17, 15) is 19.2 Å². The molecule has 3 N–H and O–H groups in total. The van der Waals surface area contributed by atoms with Gasteiger partial charge in [0.15, 0.2) is 0 Å². The van der Waals surface area contributed by atoms with E-state index in [1.165, 1.54) is 6.92 Å². The largest absolute Gasteiger partial charge is 0.478 e. The van der Waals surface area contributed by atoms with Gasteiger partial charge in [0.1, 0.15) is 0 Å². The Balaban J connectivity index is -0.000000321. The normalized spacial score (nSPS) is 9.20. The average Bonchev–Trinajstić information content (AvgIpc) is 2.52. The zero-order valence-corrected chi connectivity index (χ0v) is 15.2. The molecule has 0 aliphatic rings. The fourth-order valence-electron chi connectivity index (χ4n) is 0.833. The van der Waals surface area contributed by atoms with E-state index in [1.54, 1.807) is 26.8 Å². The summed E-state index contributed by atoms with van der Waals surface area (Å²) in [5.74, 6) is -2.06. The minimum atomic E-state index is -0.981. The molecule has 142 valence electrons. The molecule has 8 heteroatoms. The molecular weight excluding hydrogens is 330 g/mol. The van der Waals surface area contributed by atoms with Gasteiger partial charge in [0.2, 0.25) is 5.91 Å². The summed E-state index contributed by atoms with van der Waals surface area (Å²) >= 11 is 0. The van der Waals surface area contributed by atoms with Crippen LogP contribution in [0.2, 0.25) is 0 Å². The Hall–Kier alpha value is -2.90. The molecule has 25 heavy (non-hydrogen) atoms. The van der Waals surface area contributed by atoms with Gasteiger partial charge in [-0.15, -0.1) is 0 Å². The van der Waals surface area contributed by atoms with Crippen molar-refractivity contribution < 1.29 is 33.8 Å². The lowest BCUT2D eigenvalue weighted by Crippen LogP contribution is -2.11. The molecule has 0 radical (unpaired) electrons. The first-order valence-electron chi connectivity index (χ1n) is 7.27. The topological polar surface area (TPSA) is 133 Å². The van der Waals surface area contributed by atoms with Gasteiger partial charge in [-0.2, -0.15) is 0 Å². The molecule has 0 aliphatic carbocycles. The van der Waals surface area contributed by atoms with Gasteiger partial charge in [-0.25, -0.2) is 9.59 Å². The Morgan fingerprint density at radius 3 is 1.84 bits per heavy atom. The van der Waals surface area contributed by atoms with Gasteiger partial charge in [-0.05, 0) is 20.8 Å². The quantitative estimate of drug-likeness (QED) is 0.403. The summed E-state index contributed by atoms with van der Waals surface area (Å²) in [5.41, 5.74) is 5.90. The van der Waals surface area contributed by atoms with Crippen molar-refractivity contribution in [3.63, 3.8) is 0 Å². The highest BCUT2D eigenvalue weighted by Gasteiger charge is 1.98. The maximum atomic E-state index is 10.5. The van der Waals surface area contributed by atoms with Crippen LogP contribution in [0.25, 0.3) is 0 Å². The maximum Gasteiger partial charge on any atom is 0.333 e. The molecule has 0 fully saturated rings. The number of hydrogen-bond acceptors (Lipinski definition) is 6. The second-order valence-corrected chi connectivity index (χ2v) is 4.42. The zero-order chi connectivity index (χ0) is 20.4. The van der Waals surface area contributed by atoms with Gasteiger partial charge in [0, 0.05) is 30.6 Å². The molecule has 0 aromatic carbocycles. The standard InChI is InChI=1S/C8H13NO3.C6H10O2.C3H4O2/c1-6(8(9)11)4-3-5-12-7(2)10;1-4-8-6(7)5(2)3;1-2-3(4)5/h4H,3,5H2,1-2H3,(H2,9,11);2,4H2,1,3H3;2H,1H2,(H,4,5). The Kier molecular flexibility index (Phi) is 18.8. The molecule has 0 saturated carbocycles. The van der Waals surface area contributed by atoms with Gasteiger partial charge in [0.25, 0.3) is 0 Å². The number of esters is 2. The monoisotopic (exact) mass is 357 g/mol. The van der Waals surface area contributed by atoms with Crippen molar-refractivity contribution in [1.29, 1.82) is 0 Å². The van der Waals surface area contributed by atoms with Crippen LogP contribution < -0.4 is 5.73 Å². The Bertz CT molecular complexity index is 507. The SMILES string of the molecule is C=C(C)C(=O)OCC.C=CC(=O)O.CC(=O)OCCC=C(C)C(N)=O. The number of carbonyl (C=O) groups excluding carboxylic acids is 3. The molecule has 0 spiro atoms. The van der Waals surface area contributed by atoms with E-state index in [2.05, 4.69) is 22.6 Å². The molecule has 0 heterocycles. The molecule has 1 amide bonds. The lowest BCUT2D eigenvalue weighted by molar-refractivity contribution is -0.141. The zero-order valence-electron chi connectivity index (χ0n) is 15.2. The van der Waals surface area contributed by atoms with Gasteiger partial charge in [-0.3, -0.25) is 9.59 Å². The number of ether oxygens (including phenoxy) is 2. The van der Waals surface area contributed by atoms with Crippen LogP contribution in [0.5, 0.6) is 0 Å². The molecular formula is C17H27NO7. The highest BCUT2D eigenvalue weighted by Crippen LogP contribution is 1.94. The van der Waals surface area contributed by atoms with E-state index in [0.29, 0.717) is 30.8 Å². The summed E-state index contributed by atoms with van der Waals surface area (Å²) in [5, 5.41) is 7.60. The third kappa shape index (κ3) is 26.3. The van der Waals surface area contributed by atoms with Crippen molar-refractivity contribution in [3.05, 3.63) is 36.5 Å². The number of nitrogens with two attached hydrogens (primary N) is 1. The molecule has 0 unspecified atom stereocenters. The van der Waals surface area contributed by atoms with Crippen LogP contribution >= 0.6 is 0 Å². The second kappa shape index (κ2) is 17.5. The number of primary amides is 1. The van der Waals surface area contributed by atoms with Gasteiger partial charge in [0.05, 0.1) is 13.2 Å². The van der Waals surface area contributed by atoms with E-state index in [-0.39, 0.29) is 11.9 Å². The minimum absolute atomic E-state index is 0.292. The van der Waals surface area contributed by atoms with Crippen molar-refractivity contribution in [1.82, 2.24) is 0 Å². The van der Waals surface area contributed by atoms with Gasteiger partial charge in [-0.1, -0.05) is 19.2 Å². The molecule has 0 aliphatic heterocycles. The van der Waals surface area contributed by atoms with E-state index in [0.717, 1.165) is 6.08 Å². The third-order valence-corrected chi connectivity index (χ3v) is 2.06. The Labute approximate surface area is 148 Å². The number of rotatable bonds is 7. The summed E-state index contributed by atoms with van der Waals surface area (Å²) < 4.78 is 9.20. The Morgan fingerprint density at radius 1 is 1.12 bits per heavy atom. The maximum absolute atomic E-state index is 10.5. The lowest BCUT2D eigenvalue weighted by Gasteiger charge is -1.97. The smallest absolute Gasteiger partial charge is 0.333 e. The predicted molar refractivity (Wildman–Crippen MR) is 93.5 cm³/mol. The number of carboxylic acid groups (broad SMARTS) is 1. The van der Waals surface area contributed by atoms with Crippen molar-refractivity contribution in [3.8, 4) is 0 Å². The van der Waals surface area contributed by atoms with Crippen LogP contribution in [-0.4, -0.2) is 42.1 Å². The van der Waals surface area contributed by atoms with E-state index in [1.807, 2.05) is 0 Å². The summed E-state index contributed by atoms with van der Waals surface area (Å²) in [6.45, 7) is 13.4. The molecule has 0 rings (SSSR count). The van der Waals surface area contributed by atoms with Crippen LogP contribution in [0.4, 0.5) is 0 Å². The lowest BCUT2D eigenvalue weighted by atomic mass is 10.2. The highest BCUT2D eigenvalue weighted by molar-refractivity contribution is 5.91. The number of carbonyl (C=O) groups is 4. The molecule has 0 bridgehead atoms. The Morgan fingerprint density at radius 2 is 1.60 bits per heavy atom. The fraction of sp³-hybridized carbons (Fsp3) is 0.412. The van der Waals surface area contributed by atoms with Crippen LogP contribution in [0.3, 0.4) is 0 Å². The number of hydrogen-bond donors (Lipinski definition) is 2. The first-order chi connectivity index (χ1) is 11.5. The molecule has 8 nitrogen and oxygen atoms in total. The van der Waals surface area contributed by atoms with E-state index < -0.39 is 11.9 Å². The average molecular weight is 357 g/mol. The molecule has 0 aromatic rings. The van der Waals surface area contributed by atoms with Crippen molar-refractivity contribution >= 4 is 23.8 Å². The molecule has 0 aromatic heterocycles. The third-order valence-electron chi connectivity index (χ3n) is 2.06. The van der Waals surface area contributed by atoms with E-state index >= 15 is 0 Å². The summed E-state index contributed by atoms with van der Waals surface area (Å²) in [4.78, 5) is 40.4. The van der Waals surface area contributed by atoms with Crippen LogP contribution in [-0.2, 0) is 28.7 Å². The van der Waals surface area contributed by atoms with Crippen LogP contribution in [0.1, 0.15) is 34.1 Å². The van der Waals surface area contributed by atoms with E-state index in [4.69, 9.17) is 10.8 Å². The van der Waals surface area contributed by atoms with Gasteiger partial charge >= 0.3 is 17.9 Å². The van der Waals surface area contributed by atoms with Gasteiger partial charge < -0.3 is 20.3 Å². The summed E-state index contributed by atoms with van der Waals surface area (Å²) in [7, 11) is 0. The van der Waals surface area contributed by atoms with Crippen molar-refractivity contribution in [2.45, 2.75) is 34.1 Å². The summed E-state index contributed by atoms with van der Waals surface area (Å²) in [6, 6.07) is 0. The first kappa shape index (κ1) is 27.0. The molecule has 0 atom stereocenters.